The lowest BCUT2D eigenvalue weighted by Crippen LogP contribution is -2.16. The molecule has 0 bridgehead atoms. The molecule has 20 heavy (non-hydrogen) atoms. The monoisotopic (exact) mass is 274 g/mol. The molecular weight excluding hydrogens is 252 g/mol. The molecule has 0 aromatic carbocycles. The summed E-state index contributed by atoms with van der Waals surface area (Å²) in [6.45, 7) is 2.70. The highest BCUT2D eigenvalue weighted by Crippen LogP contribution is 2.30. The van der Waals surface area contributed by atoms with Crippen LogP contribution in [0.15, 0.2) is 12.5 Å². The number of nitrogens with zero attached hydrogens (tertiary/aromatic N) is 5. The number of imidazole rings is 1. The van der Waals surface area contributed by atoms with Gasteiger partial charge < -0.3 is 14.5 Å². The second-order valence-corrected chi connectivity index (χ2v) is 5.62. The summed E-state index contributed by atoms with van der Waals surface area (Å²) in [6.07, 6.45) is 10.4. The van der Waals surface area contributed by atoms with Crippen LogP contribution in [0.1, 0.15) is 49.7 Å². The van der Waals surface area contributed by atoms with Gasteiger partial charge in [-0.05, 0) is 19.8 Å². The summed E-state index contributed by atoms with van der Waals surface area (Å²) < 4.78 is 4.23. The highest BCUT2D eigenvalue weighted by atomic mass is 15.3. The first-order valence-corrected chi connectivity index (χ1v) is 7.36. The summed E-state index contributed by atoms with van der Waals surface area (Å²) >= 11 is 0. The summed E-state index contributed by atoms with van der Waals surface area (Å²) in [7, 11) is 1.95. The molecule has 1 N–H and O–H groups in total. The molecule has 0 atom stereocenters. The third-order valence-electron chi connectivity index (χ3n) is 4.03. The van der Waals surface area contributed by atoms with Gasteiger partial charge in [0.15, 0.2) is 5.82 Å². The molecule has 6 nitrogen and oxygen atoms in total. The molecule has 0 saturated heterocycles. The Morgan fingerprint density at radius 3 is 2.80 bits per heavy atom. The number of nitrogens with one attached hydrogen (secondary N) is 1. The summed E-state index contributed by atoms with van der Waals surface area (Å²) in [6, 6.07) is 0.590. The Morgan fingerprint density at radius 2 is 2.10 bits per heavy atom. The quantitative estimate of drug-likeness (QED) is 0.930. The second kappa shape index (κ2) is 5.64. The summed E-state index contributed by atoms with van der Waals surface area (Å²) in [5.74, 6) is 1.87. The molecule has 0 radical (unpaired) electrons. The van der Waals surface area contributed by atoms with Gasteiger partial charge in [-0.2, -0.15) is 0 Å². The molecule has 6 heteroatoms. The minimum absolute atomic E-state index is 0.590. The van der Waals surface area contributed by atoms with E-state index in [4.69, 9.17) is 0 Å². The van der Waals surface area contributed by atoms with Gasteiger partial charge in [-0.1, -0.05) is 19.3 Å². The van der Waals surface area contributed by atoms with Crippen LogP contribution in [0.4, 0.5) is 5.95 Å². The van der Waals surface area contributed by atoms with Gasteiger partial charge in [-0.3, -0.25) is 0 Å². The average Bonchev–Trinajstić information content (AvgIpc) is 3.03. The molecule has 2 heterocycles. The number of hydrogen-bond acceptors (Lipinski definition) is 4. The van der Waals surface area contributed by atoms with Gasteiger partial charge in [0.25, 0.3) is 0 Å². The summed E-state index contributed by atoms with van der Waals surface area (Å²) in [5, 5.41) is 11.4. The normalized spacial score (nSPS) is 16.5. The first-order valence-electron chi connectivity index (χ1n) is 7.36. The number of aryl methyl sites for hydroxylation is 2. The maximum Gasteiger partial charge on any atom is 0.203 e. The van der Waals surface area contributed by atoms with E-state index in [1.54, 1.807) is 6.33 Å². The van der Waals surface area contributed by atoms with Crippen LogP contribution < -0.4 is 5.32 Å². The SMILES string of the molecule is Cc1cn(C2CCCCC2)c(NCc2nncn2C)n1. The van der Waals surface area contributed by atoms with Crippen molar-refractivity contribution in [1.29, 1.82) is 0 Å². The highest BCUT2D eigenvalue weighted by molar-refractivity contribution is 5.30. The number of hydrogen-bond donors (Lipinski definition) is 1. The van der Waals surface area contributed by atoms with Crippen LogP contribution >= 0.6 is 0 Å². The average molecular weight is 274 g/mol. The molecule has 0 amide bonds. The van der Waals surface area contributed by atoms with Gasteiger partial charge in [0.1, 0.15) is 6.33 Å². The van der Waals surface area contributed by atoms with Crippen LogP contribution in [0, 0.1) is 6.92 Å². The highest BCUT2D eigenvalue weighted by Gasteiger charge is 2.18. The van der Waals surface area contributed by atoms with Gasteiger partial charge in [0.05, 0.1) is 12.2 Å². The maximum atomic E-state index is 4.61. The zero-order valence-corrected chi connectivity index (χ0v) is 12.2. The largest absolute Gasteiger partial charge is 0.348 e. The Bertz CT molecular complexity index is 564. The third kappa shape index (κ3) is 2.69. The summed E-state index contributed by atoms with van der Waals surface area (Å²) in [5.41, 5.74) is 1.07. The Labute approximate surface area is 119 Å². The smallest absolute Gasteiger partial charge is 0.203 e. The topological polar surface area (TPSA) is 60.6 Å². The lowest BCUT2D eigenvalue weighted by atomic mass is 9.95. The van der Waals surface area contributed by atoms with Crippen molar-refractivity contribution in [3.8, 4) is 0 Å². The van der Waals surface area contributed by atoms with Crippen LogP contribution in [0.5, 0.6) is 0 Å². The fourth-order valence-electron chi connectivity index (χ4n) is 2.91. The van der Waals surface area contributed by atoms with E-state index >= 15 is 0 Å². The van der Waals surface area contributed by atoms with Crippen molar-refractivity contribution in [1.82, 2.24) is 24.3 Å². The molecule has 0 spiro atoms. The Hall–Kier alpha value is -1.85. The molecule has 2 aromatic heterocycles. The molecule has 1 aliphatic carbocycles. The van der Waals surface area contributed by atoms with E-state index in [1.165, 1.54) is 32.1 Å². The predicted octanol–water partition coefficient (Wildman–Crippen LogP) is 2.44. The number of rotatable bonds is 4. The zero-order valence-electron chi connectivity index (χ0n) is 12.2. The van der Waals surface area contributed by atoms with Crippen molar-refractivity contribution < 1.29 is 0 Å². The molecule has 1 fully saturated rings. The Kier molecular flexibility index (Phi) is 3.71. The zero-order chi connectivity index (χ0) is 13.9. The van der Waals surface area contributed by atoms with Crippen LogP contribution in [0.2, 0.25) is 0 Å². The van der Waals surface area contributed by atoms with E-state index in [-0.39, 0.29) is 0 Å². The molecule has 108 valence electrons. The minimum Gasteiger partial charge on any atom is -0.348 e. The van der Waals surface area contributed by atoms with Gasteiger partial charge in [-0.15, -0.1) is 10.2 Å². The van der Waals surface area contributed by atoms with E-state index in [2.05, 4.69) is 31.3 Å². The molecular formula is C14H22N6. The lowest BCUT2D eigenvalue weighted by molar-refractivity contribution is 0.355. The van der Waals surface area contributed by atoms with Crippen molar-refractivity contribution in [2.45, 2.75) is 51.6 Å². The third-order valence-corrected chi connectivity index (χ3v) is 4.03. The van der Waals surface area contributed by atoms with Crippen LogP contribution in [-0.2, 0) is 13.6 Å². The van der Waals surface area contributed by atoms with Gasteiger partial charge in [-0.25, -0.2) is 4.98 Å². The Balaban J connectivity index is 1.74. The lowest BCUT2D eigenvalue weighted by Gasteiger charge is -2.24. The van der Waals surface area contributed by atoms with E-state index < -0.39 is 0 Å². The predicted molar refractivity (Wildman–Crippen MR) is 77.4 cm³/mol. The molecule has 2 aromatic rings. The standard InChI is InChI=1S/C14H22N6/c1-11-9-20(12-6-4-3-5-7-12)14(17-11)15-8-13-18-16-10-19(13)2/h9-10,12H,3-8H2,1-2H3,(H,15,17). The molecule has 1 saturated carbocycles. The van der Waals surface area contributed by atoms with E-state index in [9.17, 15) is 0 Å². The second-order valence-electron chi connectivity index (χ2n) is 5.62. The minimum atomic E-state index is 0.590. The molecule has 0 unspecified atom stereocenters. The van der Waals surface area contributed by atoms with Crippen molar-refractivity contribution in [3.63, 3.8) is 0 Å². The van der Waals surface area contributed by atoms with Gasteiger partial charge >= 0.3 is 0 Å². The van der Waals surface area contributed by atoms with Crippen LogP contribution in [0.25, 0.3) is 0 Å². The first-order chi connectivity index (χ1) is 9.74. The van der Waals surface area contributed by atoms with Crippen molar-refractivity contribution in [3.05, 3.63) is 24.0 Å². The van der Waals surface area contributed by atoms with Gasteiger partial charge in [0.2, 0.25) is 5.95 Å². The number of aromatic nitrogens is 5. The molecule has 1 aliphatic rings. The Morgan fingerprint density at radius 1 is 1.30 bits per heavy atom. The van der Waals surface area contributed by atoms with Crippen molar-refractivity contribution >= 4 is 5.95 Å². The molecule has 0 aliphatic heterocycles. The van der Waals surface area contributed by atoms with E-state index in [1.807, 2.05) is 18.5 Å². The summed E-state index contributed by atoms with van der Waals surface area (Å²) in [4.78, 5) is 4.61. The fourth-order valence-corrected chi connectivity index (χ4v) is 2.91. The van der Waals surface area contributed by atoms with Crippen LogP contribution in [-0.4, -0.2) is 24.3 Å². The van der Waals surface area contributed by atoms with Crippen LogP contribution in [0.3, 0.4) is 0 Å². The fraction of sp³-hybridized carbons (Fsp3) is 0.643. The number of anilines is 1. The van der Waals surface area contributed by atoms with Gasteiger partial charge in [0, 0.05) is 19.3 Å². The van der Waals surface area contributed by atoms with Crippen molar-refractivity contribution in [2.75, 3.05) is 5.32 Å². The van der Waals surface area contributed by atoms with E-state index in [0.29, 0.717) is 12.6 Å². The first kappa shape index (κ1) is 13.1. The van der Waals surface area contributed by atoms with Crippen molar-refractivity contribution in [2.24, 2.45) is 7.05 Å². The van der Waals surface area contributed by atoms with E-state index in [0.717, 1.165) is 17.5 Å². The molecule has 3 rings (SSSR count). The maximum absolute atomic E-state index is 4.61.